The number of carbonyl (C=O) groups is 2. The van der Waals surface area contributed by atoms with Crippen LogP contribution >= 0.6 is 11.3 Å². The summed E-state index contributed by atoms with van der Waals surface area (Å²) in [7, 11) is 3.98. The van der Waals surface area contributed by atoms with Crippen LogP contribution in [0.2, 0.25) is 0 Å². The summed E-state index contributed by atoms with van der Waals surface area (Å²) >= 11 is 1.34. The Morgan fingerprint density at radius 2 is 1.82 bits per heavy atom. The van der Waals surface area contributed by atoms with Crippen LogP contribution in [0.25, 0.3) is 10.9 Å². The molecule has 0 bridgehead atoms. The first-order valence-corrected chi connectivity index (χ1v) is 17.3. The third-order valence-corrected chi connectivity index (χ3v) is 9.83. The maximum absolute atomic E-state index is 12.9. The molecule has 1 aliphatic rings. The summed E-state index contributed by atoms with van der Waals surface area (Å²) in [4.78, 5) is 48.2. The number of carbonyl (C=O) groups excluding carboxylic acids is 2. The fourth-order valence-electron chi connectivity index (χ4n) is 6.02. The molecule has 1 aliphatic carbocycles. The zero-order chi connectivity index (χ0) is 35.1. The van der Waals surface area contributed by atoms with Gasteiger partial charge in [-0.15, -0.1) is 0 Å². The predicted molar refractivity (Wildman–Crippen MR) is 193 cm³/mol. The SMILES string of the molecule is C/C(=N\OCC(=O)NCC1CCC(Nc2nc(N(C)C)c3ccccc3n2)CC1)c1sc(=NC(=O)c2ccc(C#N)cc2)n(C(C)C)c1C. The van der Waals surface area contributed by atoms with E-state index in [-0.39, 0.29) is 24.6 Å². The number of hydrogen-bond donors (Lipinski definition) is 2. The van der Waals surface area contributed by atoms with Crippen molar-refractivity contribution in [1.29, 1.82) is 5.26 Å². The van der Waals surface area contributed by atoms with E-state index in [1.807, 2.05) is 75.5 Å². The number of nitriles is 1. The average Bonchev–Trinajstić information content (AvgIpc) is 3.42. The third kappa shape index (κ3) is 8.69. The van der Waals surface area contributed by atoms with Crippen LogP contribution in [0.3, 0.4) is 0 Å². The number of nitrogens with one attached hydrogen (secondary N) is 2. The Labute approximate surface area is 290 Å². The number of thiazole rings is 1. The van der Waals surface area contributed by atoms with Gasteiger partial charge in [-0.1, -0.05) is 28.6 Å². The number of oxime groups is 1. The summed E-state index contributed by atoms with van der Waals surface area (Å²) < 4.78 is 1.98. The van der Waals surface area contributed by atoms with Gasteiger partial charge in [-0.2, -0.15) is 15.2 Å². The van der Waals surface area contributed by atoms with Gasteiger partial charge in [0, 0.05) is 49.4 Å². The Bertz CT molecular complexity index is 1950. The number of benzene rings is 2. The van der Waals surface area contributed by atoms with E-state index in [1.54, 1.807) is 24.3 Å². The maximum Gasteiger partial charge on any atom is 0.279 e. The summed E-state index contributed by atoms with van der Waals surface area (Å²) in [6.45, 7) is 8.19. The van der Waals surface area contributed by atoms with E-state index in [1.165, 1.54) is 11.3 Å². The molecule has 0 atom stereocenters. The lowest BCUT2D eigenvalue weighted by Crippen LogP contribution is -2.35. The summed E-state index contributed by atoms with van der Waals surface area (Å²) in [5.41, 5.74) is 3.29. The van der Waals surface area contributed by atoms with Crippen LogP contribution in [0.15, 0.2) is 58.7 Å². The minimum atomic E-state index is -0.392. The number of para-hydroxylation sites is 1. The normalized spacial score (nSPS) is 16.8. The van der Waals surface area contributed by atoms with E-state index in [0.717, 1.165) is 53.0 Å². The average molecular weight is 682 g/mol. The largest absolute Gasteiger partial charge is 0.385 e. The van der Waals surface area contributed by atoms with E-state index >= 15 is 0 Å². The summed E-state index contributed by atoms with van der Waals surface area (Å²) in [5.74, 6) is 1.31. The van der Waals surface area contributed by atoms with Gasteiger partial charge in [0.05, 0.1) is 27.7 Å². The molecule has 2 aromatic carbocycles. The molecule has 0 unspecified atom stereocenters. The first-order chi connectivity index (χ1) is 23.5. The lowest BCUT2D eigenvalue weighted by atomic mass is 9.86. The standard InChI is InChI=1S/C36H43N9O3S/c1-22(2)45-24(4)32(49-36(45)42-34(47)27-15-11-25(19-37)12-16-27)23(3)43-48-21-31(46)38-20-26-13-17-28(18-14-26)39-35-40-30-10-8-7-9-29(30)33(41-35)44(5)6/h7-12,15-16,22,26,28H,13-14,17-18,20-21H2,1-6H3,(H,38,46)(H,39,40,41)/b42-36?,43-23+. The highest BCUT2D eigenvalue weighted by atomic mass is 32.1. The zero-order valence-corrected chi connectivity index (χ0v) is 29.7. The van der Waals surface area contributed by atoms with Gasteiger partial charge in [-0.25, -0.2) is 4.98 Å². The molecule has 256 valence electrons. The lowest BCUT2D eigenvalue weighted by Gasteiger charge is -2.29. The fraction of sp³-hybridized carbons (Fsp3) is 0.417. The fourth-order valence-corrected chi connectivity index (χ4v) is 7.21. The molecule has 2 heterocycles. The predicted octanol–water partition coefficient (Wildman–Crippen LogP) is 5.59. The van der Waals surface area contributed by atoms with E-state index in [4.69, 9.17) is 20.1 Å². The second-order valence-corrected chi connectivity index (χ2v) is 13.7. The Morgan fingerprint density at radius 3 is 2.49 bits per heavy atom. The van der Waals surface area contributed by atoms with Gasteiger partial charge in [-0.05, 0) is 95.7 Å². The van der Waals surface area contributed by atoms with Crippen molar-refractivity contribution >= 4 is 51.5 Å². The first-order valence-electron chi connectivity index (χ1n) is 16.5. The molecule has 2 amide bonds. The molecule has 5 rings (SSSR count). The monoisotopic (exact) mass is 681 g/mol. The van der Waals surface area contributed by atoms with Crippen molar-refractivity contribution < 1.29 is 14.4 Å². The van der Waals surface area contributed by atoms with E-state index in [9.17, 15) is 9.59 Å². The Morgan fingerprint density at radius 1 is 1.10 bits per heavy atom. The van der Waals surface area contributed by atoms with Crippen LogP contribution in [0.1, 0.15) is 79.0 Å². The zero-order valence-electron chi connectivity index (χ0n) is 28.9. The highest BCUT2D eigenvalue weighted by Crippen LogP contribution is 2.28. The number of rotatable bonds is 11. The molecule has 1 saturated carbocycles. The molecule has 2 aromatic heterocycles. The molecule has 12 nitrogen and oxygen atoms in total. The minimum Gasteiger partial charge on any atom is -0.385 e. The molecule has 0 radical (unpaired) electrons. The molecule has 13 heteroatoms. The molecule has 0 saturated heterocycles. The number of nitrogens with zero attached hydrogens (tertiary/aromatic N) is 7. The van der Waals surface area contributed by atoms with Gasteiger partial charge in [0.2, 0.25) is 5.95 Å². The highest BCUT2D eigenvalue weighted by Gasteiger charge is 2.23. The quantitative estimate of drug-likeness (QED) is 0.154. The molecule has 4 aromatic rings. The van der Waals surface area contributed by atoms with Gasteiger partial charge in [0.25, 0.3) is 11.8 Å². The molecular weight excluding hydrogens is 639 g/mol. The molecular formula is C36H43N9O3S. The second-order valence-electron chi connectivity index (χ2n) is 12.8. The third-order valence-electron chi connectivity index (χ3n) is 8.56. The van der Waals surface area contributed by atoms with E-state index in [0.29, 0.717) is 40.1 Å². The van der Waals surface area contributed by atoms with Gasteiger partial charge in [-0.3, -0.25) is 9.59 Å². The lowest BCUT2D eigenvalue weighted by molar-refractivity contribution is -0.125. The van der Waals surface area contributed by atoms with Crippen molar-refractivity contribution in [1.82, 2.24) is 19.9 Å². The Hall–Kier alpha value is -5.09. The van der Waals surface area contributed by atoms with E-state index in [2.05, 4.69) is 26.9 Å². The summed E-state index contributed by atoms with van der Waals surface area (Å²) in [5, 5.41) is 20.8. The number of aromatic nitrogens is 3. The van der Waals surface area contributed by atoms with Crippen molar-refractivity contribution in [2.75, 3.05) is 37.5 Å². The number of anilines is 2. The van der Waals surface area contributed by atoms with Crippen LogP contribution in [0.4, 0.5) is 11.8 Å². The molecule has 0 spiro atoms. The van der Waals surface area contributed by atoms with Crippen LogP contribution in [-0.2, 0) is 9.63 Å². The van der Waals surface area contributed by atoms with Crippen LogP contribution < -0.4 is 20.3 Å². The van der Waals surface area contributed by atoms with E-state index < -0.39 is 5.91 Å². The van der Waals surface area contributed by atoms with Crippen LogP contribution in [0.5, 0.6) is 0 Å². The van der Waals surface area contributed by atoms with Gasteiger partial charge < -0.3 is 24.9 Å². The molecule has 0 aliphatic heterocycles. The first kappa shape index (κ1) is 35.2. The summed E-state index contributed by atoms with van der Waals surface area (Å²) in [6, 6.07) is 16.8. The van der Waals surface area contributed by atoms with Crippen molar-refractivity contribution in [3.8, 4) is 6.07 Å². The maximum atomic E-state index is 12.9. The number of amides is 2. The van der Waals surface area contributed by atoms with Gasteiger partial charge in [0.15, 0.2) is 11.4 Å². The molecule has 1 fully saturated rings. The molecule has 49 heavy (non-hydrogen) atoms. The summed E-state index contributed by atoms with van der Waals surface area (Å²) in [6.07, 6.45) is 3.91. The van der Waals surface area contributed by atoms with Gasteiger partial charge >= 0.3 is 0 Å². The number of hydrogen-bond acceptors (Lipinski definition) is 10. The van der Waals surface area contributed by atoms with Crippen molar-refractivity contribution in [2.24, 2.45) is 16.1 Å². The van der Waals surface area contributed by atoms with Crippen molar-refractivity contribution in [3.05, 3.63) is 75.0 Å². The minimum absolute atomic E-state index is 0.0470. The molecule has 2 N–H and O–H groups in total. The van der Waals surface area contributed by atoms with Crippen LogP contribution in [0, 0.1) is 24.2 Å². The van der Waals surface area contributed by atoms with Crippen molar-refractivity contribution in [2.45, 2.75) is 65.5 Å². The van der Waals surface area contributed by atoms with Gasteiger partial charge in [0.1, 0.15) is 5.82 Å². The Kier molecular flexibility index (Phi) is 11.4. The Balaban J connectivity index is 1.11. The smallest absolute Gasteiger partial charge is 0.279 e. The van der Waals surface area contributed by atoms with Crippen molar-refractivity contribution in [3.63, 3.8) is 0 Å². The second kappa shape index (κ2) is 15.9. The number of fused-ring (bicyclic) bond motifs is 1. The topological polar surface area (TPSA) is 150 Å². The highest BCUT2D eigenvalue weighted by molar-refractivity contribution is 7.11. The van der Waals surface area contributed by atoms with Crippen LogP contribution in [-0.4, -0.2) is 65.3 Å².